The molecule has 1 aliphatic heterocycles. The average molecular weight is 237 g/mol. The standard InChI is InChI=1S/C10H20N2O2.ClH/c1-3-4-6-12(2)10(13)9-8-11-5-7-14-9;/h9,11H,3-8H2,1-2H3;1H. The first-order valence-electron chi connectivity index (χ1n) is 5.33. The molecule has 0 radical (unpaired) electrons. The summed E-state index contributed by atoms with van der Waals surface area (Å²) in [6.07, 6.45) is 1.90. The maximum absolute atomic E-state index is 11.8. The highest BCUT2D eigenvalue weighted by Crippen LogP contribution is 2.02. The van der Waals surface area contributed by atoms with Gasteiger partial charge < -0.3 is 15.0 Å². The molecule has 1 N–H and O–H groups in total. The molecule has 1 unspecified atom stereocenters. The first-order valence-corrected chi connectivity index (χ1v) is 5.33. The smallest absolute Gasteiger partial charge is 0.252 e. The Hall–Kier alpha value is -0.320. The molecule has 0 aromatic heterocycles. The number of halogens is 1. The van der Waals surface area contributed by atoms with Crippen molar-refractivity contribution in [3.8, 4) is 0 Å². The van der Waals surface area contributed by atoms with E-state index in [0.717, 1.165) is 25.9 Å². The van der Waals surface area contributed by atoms with Crippen molar-refractivity contribution in [2.75, 3.05) is 33.3 Å². The van der Waals surface area contributed by atoms with Crippen molar-refractivity contribution in [3.63, 3.8) is 0 Å². The lowest BCUT2D eigenvalue weighted by atomic mass is 10.2. The van der Waals surface area contributed by atoms with Crippen LogP contribution in [0, 0.1) is 0 Å². The Kier molecular flexibility index (Phi) is 7.74. The van der Waals surface area contributed by atoms with Gasteiger partial charge >= 0.3 is 0 Å². The number of nitrogens with zero attached hydrogens (tertiary/aromatic N) is 1. The minimum atomic E-state index is -0.273. The van der Waals surface area contributed by atoms with Crippen LogP contribution in [0.2, 0.25) is 0 Å². The lowest BCUT2D eigenvalue weighted by Gasteiger charge is -2.27. The molecule has 15 heavy (non-hydrogen) atoms. The van der Waals surface area contributed by atoms with Crippen molar-refractivity contribution in [1.82, 2.24) is 10.2 Å². The molecule has 0 saturated carbocycles. The van der Waals surface area contributed by atoms with E-state index in [1.165, 1.54) is 0 Å². The minimum Gasteiger partial charge on any atom is -0.366 e. The first kappa shape index (κ1) is 14.7. The molecular weight excluding hydrogens is 216 g/mol. The van der Waals surface area contributed by atoms with E-state index in [2.05, 4.69) is 12.2 Å². The summed E-state index contributed by atoms with van der Waals surface area (Å²) in [5, 5.41) is 3.15. The van der Waals surface area contributed by atoms with Crippen LogP contribution in [0.25, 0.3) is 0 Å². The van der Waals surface area contributed by atoms with Crippen molar-refractivity contribution < 1.29 is 9.53 Å². The number of likely N-dealkylation sites (N-methyl/N-ethyl adjacent to an activating group) is 1. The molecule has 0 aliphatic carbocycles. The number of rotatable bonds is 4. The van der Waals surface area contributed by atoms with Gasteiger partial charge in [0.25, 0.3) is 5.91 Å². The van der Waals surface area contributed by atoms with Crippen LogP contribution in [0.15, 0.2) is 0 Å². The molecule has 1 aliphatic rings. The molecule has 0 bridgehead atoms. The van der Waals surface area contributed by atoms with Crippen molar-refractivity contribution in [3.05, 3.63) is 0 Å². The summed E-state index contributed by atoms with van der Waals surface area (Å²) < 4.78 is 5.39. The van der Waals surface area contributed by atoms with Gasteiger partial charge in [-0.25, -0.2) is 0 Å². The SMILES string of the molecule is CCCCN(C)C(=O)C1CNCCO1.Cl. The highest BCUT2D eigenvalue weighted by Gasteiger charge is 2.24. The molecule has 90 valence electrons. The van der Waals surface area contributed by atoms with Crippen LogP contribution in [-0.4, -0.2) is 50.2 Å². The predicted molar refractivity (Wildman–Crippen MR) is 62.4 cm³/mol. The first-order chi connectivity index (χ1) is 6.75. The molecule has 1 saturated heterocycles. The molecule has 1 fully saturated rings. The summed E-state index contributed by atoms with van der Waals surface area (Å²) in [6.45, 7) is 5.09. The monoisotopic (exact) mass is 236 g/mol. The van der Waals surface area contributed by atoms with E-state index in [4.69, 9.17) is 4.74 Å². The second-order valence-electron chi connectivity index (χ2n) is 3.68. The third-order valence-electron chi connectivity index (χ3n) is 2.43. The van der Waals surface area contributed by atoms with Crippen LogP contribution < -0.4 is 5.32 Å². The lowest BCUT2D eigenvalue weighted by Crippen LogP contribution is -2.48. The summed E-state index contributed by atoms with van der Waals surface area (Å²) in [7, 11) is 1.84. The highest BCUT2D eigenvalue weighted by molar-refractivity contribution is 5.85. The van der Waals surface area contributed by atoms with Crippen LogP contribution in [0.3, 0.4) is 0 Å². The number of carbonyl (C=O) groups excluding carboxylic acids is 1. The third kappa shape index (κ3) is 4.82. The van der Waals surface area contributed by atoms with Gasteiger partial charge in [0.2, 0.25) is 0 Å². The summed E-state index contributed by atoms with van der Waals surface area (Å²) in [5.74, 6) is 0.102. The second kappa shape index (κ2) is 7.91. The number of carbonyl (C=O) groups is 1. The summed E-state index contributed by atoms with van der Waals surface area (Å²) in [5.41, 5.74) is 0. The van der Waals surface area contributed by atoms with E-state index in [1.807, 2.05) is 7.05 Å². The van der Waals surface area contributed by atoms with Gasteiger partial charge in [0.05, 0.1) is 6.61 Å². The van der Waals surface area contributed by atoms with Crippen LogP contribution in [0.4, 0.5) is 0 Å². The molecule has 5 heteroatoms. The number of amides is 1. The molecule has 1 rings (SSSR count). The average Bonchev–Trinajstić information content (AvgIpc) is 2.26. The normalized spacial score (nSPS) is 20.5. The Labute approximate surface area is 97.8 Å². The van der Waals surface area contributed by atoms with E-state index in [9.17, 15) is 4.79 Å². The van der Waals surface area contributed by atoms with Crippen LogP contribution in [0.1, 0.15) is 19.8 Å². The Morgan fingerprint density at radius 1 is 1.60 bits per heavy atom. The van der Waals surface area contributed by atoms with Crippen molar-refractivity contribution in [1.29, 1.82) is 0 Å². The zero-order chi connectivity index (χ0) is 10.4. The molecule has 1 amide bonds. The molecular formula is C10H21ClN2O2. The summed E-state index contributed by atoms with van der Waals surface area (Å²) in [6, 6.07) is 0. The fourth-order valence-electron chi connectivity index (χ4n) is 1.48. The second-order valence-corrected chi connectivity index (χ2v) is 3.68. The number of unbranched alkanes of at least 4 members (excludes halogenated alkanes) is 1. The number of hydrogen-bond acceptors (Lipinski definition) is 3. The van der Waals surface area contributed by atoms with Crippen molar-refractivity contribution >= 4 is 18.3 Å². The summed E-state index contributed by atoms with van der Waals surface area (Å²) >= 11 is 0. The predicted octanol–water partition coefficient (Wildman–Crippen LogP) is 0.655. The zero-order valence-corrected chi connectivity index (χ0v) is 10.3. The lowest BCUT2D eigenvalue weighted by molar-refractivity contribution is -0.143. The molecule has 0 spiro atoms. The van der Waals surface area contributed by atoms with Gasteiger partial charge in [-0.1, -0.05) is 13.3 Å². The van der Waals surface area contributed by atoms with Gasteiger partial charge in [0.1, 0.15) is 6.10 Å². The fraction of sp³-hybridized carbons (Fsp3) is 0.900. The molecule has 0 aromatic carbocycles. The van der Waals surface area contributed by atoms with Crippen LogP contribution in [0.5, 0.6) is 0 Å². The summed E-state index contributed by atoms with van der Waals surface area (Å²) in [4.78, 5) is 13.5. The third-order valence-corrected chi connectivity index (χ3v) is 2.43. The minimum absolute atomic E-state index is 0. The fourth-order valence-corrected chi connectivity index (χ4v) is 1.48. The van der Waals surface area contributed by atoms with E-state index in [-0.39, 0.29) is 24.4 Å². The van der Waals surface area contributed by atoms with Gasteiger partial charge in [-0.05, 0) is 6.42 Å². The molecule has 1 heterocycles. The quantitative estimate of drug-likeness (QED) is 0.780. The number of ether oxygens (including phenoxy) is 1. The van der Waals surface area contributed by atoms with Crippen molar-refractivity contribution in [2.24, 2.45) is 0 Å². The highest BCUT2D eigenvalue weighted by atomic mass is 35.5. The van der Waals surface area contributed by atoms with Crippen molar-refractivity contribution in [2.45, 2.75) is 25.9 Å². The van der Waals surface area contributed by atoms with E-state index >= 15 is 0 Å². The molecule has 4 nitrogen and oxygen atoms in total. The number of hydrogen-bond donors (Lipinski definition) is 1. The largest absolute Gasteiger partial charge is 0.366 e. The Bertz CT molecular complexity index is 184. The maximum atomic E-state index is 11.8. The van der Waals surface area contributed by atoms with Gasteiger partial charge in [-0.3, -0.25) is 4.79 Å². The topological polar surface area (TPSA) is 41.6 Å². The van der Waals surface area contributed by atoms with E-state index < -0.39 is 0 Å². The Morgan fingerprint density at radius 3 is 2.87 bits per heavy atom. The van der Waals surface area contributed by atoms with Gasteiger partial charge in [0.15, 0.2) is 0 Å². The van der Waals surface area contributed by atoms with Crippen LogP contribution in [-0.2, 0) is 9.53 Å². The zero-order valence-electron chi connectivity index (χ0n) is 9.49. The number of nitrogens with one attached hydrogen (secondary N) is 1. The Morgan fingerprint density at radius 2 is 2.33 bits per heavy atom. The molecule has 0 aromatic rings. The van der Waals surface area contributed by atoms with Crippen LogP contribution >= 0.6 is 12.4 Å². The van der Waals surface area contributed by atoms with Gasteiger partial charge in [-0.15, -0.1) is 12.4 Å². The van der Waals surface area contributed by atoms with E-state index in [1.54, 1.807) is 4.90 Å². The van der Waals surface area contributed by atoms with Gasteiger partial charge in [-0.2, -0.15) is 0 Å². The molecule has 1 atom stereocenters. The van der Waals surface area contributed by atoms with E-state index in [0.29, 0.717) is 13.2 Å². The number of morpholine rings is 1. The van der Waals surface area contributed by atoms with Gasteiger partial charge in [0, 0.05) is 26.7 Å². The maximum Gasteiger partial charge on any atom is 0.252 e. The Balaban J connectivity index is 0.00000196.